The second-order valence-corrected chi connectivity index (χ2v) is 9.92. The Balaban J connectivity index is 1.49. The van der Waals surface area contributed by atoms with Crippen molar-refractivity contribution in [2.45, 2.75) is 64.2 Å². The van der Waals surface area contributed by atoms with Crippen molar-refractivity contribution in [3.63, 3.8) is 0 Å². The SMILES string of the molecule is CC(C)(OCc1cc(F)cc(F)c1)/C(=N\C#N)NC1C2CC3CC1CC(C(N)=O)(C3)C2. The Morgan fingerprint density at radius 1 is 1.26 bits per heavy atom. The van der Waals surface area contributed by atoms with Crippen LogP contribution in [0.25, 0.3) is 0 Å². The zero-order valence-electron chi connectivity index (χ0n) is 17.8. The first-order chi connectivity index (χ1) is 14.6. The van der Waals surface area contributed by atoms with Crippen molar-refractivity contribution in [1.82, 2.24) is 5.32 Å². The van der Waals surface area contributed by atoms with Crippen LogP contribution in [0.5, 0.6) is 0 Å². The van der Waals surface area contributed by atoms with E-state index in [0.717, 1.165) is 38.2 Å². The smallest absolute Gasteiger partial charge is 0.223 e. The van der Waals surface area contributed by atoms with Gasteiger partial charge >= 0.3 is 0 Å². The largest absolute Gasteiger partial charge is 0.369 e. The zero-order chi connectivity index (χ0) is 22.4. The number of carbonyl (C=O) groups is 1. The second-order valence-electron chi connectivity index (χ2n) is 9.92. The van der Waals surface area contributed by atoms with Gasteiger partial charge in [-0.25, -0.2) is 8.78 Å². The van der Waals surface area contributed by atoms with Crippen LogP contribution in [0.2, 0.25) is 0 Å². The summed E-state index contributed by atoms with van der Waals surface area (Å²) >= 11 is 0. The molecule has 166 valence electrons. The molecule has 0 spiro atoms. The van der Waals surface area contributed by atoms with Crippen LogP contribution in [-0.4, -0.2) is 23.4 Å². The average Bonchev–Trinajstić information content (AvgIpc) is 2.67. The normalized spacial score (nSPS) is 32.0. The number of primary amides is 1. The molecule has 0 aliphatic heterocycles. The Bertz CT molecular complexity index is 919. The summed E-state index contributed by atoms with van der Waals surface area (Å²) in [5.41, 5.74) is 4.76. The number of aliphatic imine (C=N–C) groups is 1. The minimum Gasteiger partial charge on any atom is -0.369 e. The van der Waals surface area contributed by atoms with Gasteiger partial charge in [-0.05, 0) is 81.4 Å². The molecule has 2 atom stereocenters. The number of rotatable bonds is 6. The summed E-state index contributed by atoms with van der Waals surface area (Å²) in [6.07, 6.45) is 6.32. The number of amidine groups is 1. The third-order valence-corrected chi connectivity index (χ3v) is 7.35. The number of nitriles is 1. The van der Waals surface area contributed by atoms with Crippen molar-refractivity contribution in [1.29, 1.82) is 5.26 Å². The second kappa shape index (κ2) is 7.86. The molecule has 0 saturated heterocycles. The maximum Gasteiger partial charge on any atom is 0.223 e. The molecule has 4 fully saturated rings. The molecule has 0 radical (unpaired) electrons. The lowest BCUT2D eigenvalue weighted by Crippen LogP contribution is -2.63. The molecule has 4 aliphatic carbocycles. The fourth-order valence-electron chi connectivity index (χ4n) is 6.14. The van der Waals surface area contributed by atoms with Crippen LogP contribution >= 0.6 is 0 Å². The Labute approximate surface area is 180 Å². The maximum atomic E-state index is 13.5. The summed E-state index contributed by atoms with van der Waals surface area (Å²) in [6.45, 7) is 3.51. The highest BCUT2D eigenvalue weighted by Gasteiger charge is 2.58. The van der Waals surface area contributed by atoms with Gasteiger partial charge in [-0.1, -0.05) is 0 Å². The van der Waals surface area contributed by atoms with E-state index < -0.39 is 22.7 Å². The number of ether oxygens (including phenoxy) is 1. The number of hydrogen-bond donors (Lipinski definition) is 2. The number of amides is 1. The molecule has 6 nitrogen and oxygen atoms in total. The molecule has 1 aromatic rings. The third kappa shape index (κ3) is 4.16. The van der Waals surface area contributed by atoms with Gasteiger partial charge in [0, 0.05) is 17.5 Å². The van der Waals surface area contributed by atoms with Gasteiger partial charge in [-0.15, -0.1) is 0 Å². The lowest BCUT2D eigenvalue weighted by molar-refractivity contribution is -0.145. The molecule has 31 heavy (non-hydrogen) atoms. The number of halogens is 2. The third-order valence-electron chi connectivity index (χ3n) is 7.35. The predicted octanol–water partition coefficient (Wildman–Crippen LogP) is 3.41. The fraction of sp³-hybridized carbons (Fsp3) is 0.609. The highest BCUT2D eigenvalue weighted by molar-refractivity contribution is 5.91. The summed E-state index contributed by atoms with van der Waals surface area (Å²) in [7, 11) is 0. The van der Waals surface area contributed by atoms with Crippen LogP contribution in [-0.2, 0) is 16.1 Å². The van der Waals surface area contributed by atoms with Gasteiger partial charge in [0.2, 0.25) is 12.1 Å². The van der Waals surface area contributed by atoms with E-state index in [4.69, 9.17) is 10.5 Å². The van der Waals surface area contributed by atoms with E-state index in [2.05, 4.69) is 10.3 Å². The van der Waals surface area contributed by atoms with E-state index >= 15 is 0 Å². The van der Waals surface area contributed by atoms with Gasteiger partial charge in [0.25, 0.3) is 0 Å². The minimum atomic E-state index is -0.978. The van der Waals surface area contributed by atoms with E-state index in [1.807, 2.05) is 6.19 Å². The van der Waals surface area contributed by atoms with Crippen molar-refractivity contribution in [2.24, 2.45) is 33.9 Å². The molecule has 3 N–H and O–H groups in total. The summed E-state index contributed by atoms with van der Waals surface area (Å²) in [5, 5.41) is 12.7. The lowest BCUT2D eigenvalue weighted by Gasteiger charge is -2.59. The topological polar surface area (TPSA) is 100 Å². The molecule has 4 aliphatic rings. The number of hydrogen-bond acceptors (Lipinski definition) is 4. The highest BCUT2D eigenvalue weighted by Crippen LogP contribution is 2.60. The van der Waals surface area contributed by atoms with E-state index in [0.29, 0.717) is 17.3 Å². The summed E-state index contributed by atoms with van der Waals surface area (Å²) in [6, 6.07) is 3.33. The highest BCUT2D eigenvalue weighted by atomic mass is 19.1. The fourth-order valence-corrected chi connectivity index (χ4v) is 6.14. The predicted molar refractivity (Wildman–Crippen MR) is 110 cm³/mol. The molecule has 5 rings (SSSR count). The van der Waals surface area contributed by atoms with Gasteiger partial charge < -0.3 is 15.8 Å². The van der Waals surface area contributed by atoms with E-state index in [1.54, 1.807) is 13.8 Å². The quantitative estimate of drug-likeness (QED) is 0.410. The molecular weight excluding hydrogens is 402 g/mol. The van der Waals surface area contributed by atoms with Crippen LogP contribution in [0.4, 0.5) is 8.78 Å². The first-order valence-corrected chi connectivity index (χ1v) is 10.7. The first kappa shape index (κ1) is 21.7. The van der Waals surface area contributed by atoms with Gasteiger partial charge in [0.05, 0.1) is 6.61 Å². The Morgan fingerprint density at radius 2 is 1.87 bits per heavy atom. The summed E-state index contributed by atoms with van der Waals surface area (Å²) in [4.78, 5) is 16.2. The number of carbonyl (C=O) groups excluding carboxylic acids is 1. The van der Waals surface area contributed by atoms with Gasteiger partial charge in [0.1, 0.15) is 23.1 Å². The zero-order valence-corrected chi connectivity index (χ0v) is 17.8. The minimum absolute atomic E-state index is 0.0296. The molecule has 1 amide bonds. The molecule has 0 aromatic heterocycles. The van der Waals surface area contributed by atoms with Crippen molar-refractivity contribution >= 4 is 11.7 Å². The van der Waals surface area contributed by atoms with E-state index in [9.17, 15) is 18.8 Å². The van der Waals surface area contributed by atoms with Crippen LogP contribution in [0.15, 0.2) is 23.2 Å². The molecule has 8 heteroatoms. The standard InChI is InChI=1S/C23H28F2N4O2/c1-22(2,31-11-14-5-17(24)7-18(25)6-14)21(28-12-26)29-19-15-3-13-4-16(19)10-23(8-13,9-15)20(27)30/h5-7,13,15-16,19H,3-4,8-11H2,1-2H3,(H2,27,30)(H,28,29). The van der Waals surface area contributed by atoms with Crippen molar-refractivity contribution in [3.05, 3.63) is 35.4 Å². The van der Waals surface area contributed by atoms with E-state index in [1.165, 1.54) is 12.1 Å². The first-order valence-electron chi connectivity index (χ1n) is 10.7. The van der Waals surface area contributed by atoms with E-state index in [-0.39, 0.29) is 30.4 Å². The molecular formula is C23H28F2N4O2. The number of nitrogens with two attached hydrogens (primary N) is 1. The number of nitrogens with one attached hydrogen (secondary N) is 1. The summed E-state index contributed by atoms with van der Waals surface area (Å²) in [5.74, 6) is -0.0485. The van der Waals surface area contributed by atoms with Crippen LogP contribution < -0.4 is 11.1 Å². The van der Waals surface area contributed by atoms with Gasteiger partial charge in [-0.3, -0.25) is 4.79 Å². The van der Waals surface area contributed by atoms with Crippen molar-refractivity contribution < 1.29 is 18.3 Å². The van der Waals surface area contributed by atoms with Gasteiger partial charge in [0.15, 0.2) is 0 Å². The van der Waals surface area contributed by atoms with Crippen LogP contribution in [0, 0.1) is 46.3 Å². The lowest BCUT2D eigenvalue weighted by atomic mass is 9.47. The van der Waals surface area contributed by atoms with Crippen LogP contribution in [0.1, 0.15) is 51.5 Å². The number of nitrogens with zero attached hydrogens (tertiary/aromatic N) is 2. The Kier molecular flexibility index (Phi) is 5.50. The molecule has 0 heterocycles. The molecule has 4 saturated carbocycles. The molecule has 4 bridgehead atoms. The maximum absolute atomic E-state index is 13.5. The van der Waals surface area contributed by atoms with Crippen molar-refractivity contribution in [3.8, 4) is 6.19 Å². The molecule has 1 aromatic carbocycles. The molecule has 2 unspecified atom stereocenters. The van der Waals surface area contributed by atoms with Crippen LogP contribution in [0.3, 0.4) is 0 Å². The summed E-state index contributed by atoms with van der Waals surface area (Å²) < 4.78 is 32.9. The Hall–Kier alpha value is -2.53. The number of benzene rings is 1. The van der Waals surface area contributed by atoms with Gasteiger partial charge in [-0.2, -0.15) is 10.3 Å². The Morgan fingerprint density at radius 3 is 2.42 bits per heavy atom. The average molecular weight is 430 g/mol. The van der Waals surface area contributed by atoms with Crippen molar-refractivity contribution in [2.75, 3.05) is 0 Å². The monoisotopic (exact) mass is 430 g/mol.